The van der Waals surface area contributed by atoms with Crippen molar-refractivity contribution in [1.29, 1.82) is 0 Å². The summed E-state index contributed by atoms with van der Waals surface area (Å²) in [4.78, 5) is 2.03. The fraction of sp³-hybridized carbons (Fsp3) is 0.462. The van der Waals surface area contributed by atoms with Crippen LogP contribution in [0.3, 0.4) is 0 Å². The molecule has 1 aromatic carbocycles. The molecule has 0 fully saturated rings. The third-order valence-corrected chi connectivity index (χ3v) is 3.01. The van der Waals surface area contributed by atoms with Crippen LogP contribution in [0.1, 0.15) is 13.8 Å². The molecule has 19 heavy (non-hydrogen) atoms. The Morgan fingerprint density at radius 1 is 1.26 bits per heavy atom. The third-order valence-electron chi connectivity index (χ3n) is 3.01. The predicted octanol–water partition coefficient (Wildman–Crippen LogP) is 1.08. The van der Waals surface area contributed by atoms with Crippen molar-refractivity contribution in [1.82, 2.24) is 20.2 Å². The molecule has 2 aromatic rings. The zero-order chi connectivity index (χ0) is 13.9. The quantitative estimate of drug-likeness (QED) is 0.871. The van der Waals surface area contributed by atoms with Gasteiger partial charge in [0.1, 0.15) is 0 Å². The van der Waals surface area contributed by atoms with Crippen molar-refractivity contribution in [3.8, 4) is 5.69 Å². The van der Waals surface area contributed by atoms with Crippen molar-refractivity contribution in [3.63, 3.8) is 0 Å². The minimum Gasteiger partial charge on any atom is -0.342 e. The molecule has 0 bridgehead atoms. The second-order valence-electron chi connectivity index (χ2n) is 5.45. The molecular weight excluding hydrogens is 240 g/mol. The number of nitrogens with two attached hydrogens (primary N) is 1. The number of aromatic nitrogens is 4. The van der Waals surface area contributed by atoms with E-state index in [1.165, 1.54) is 0 Å². The summed E-state index contributed by atoms with van der Waals surface area (Å²) in [5, 5.41) is 11.9. The van der Waals surface area contributed by atoms with Crippen LogP contribution < -0.4 is 10.6 Å². The van der Waals surface area contributed by atoms with Gasteiger partial charge in [-0.1, -0.05) is 37.1 Å². The van der Waals surface area contributed by atoms with Crippen molar-refractivity contribution < 1.29 is 0 Å². The van der Waals surface area contributed by atoms with Crippen LogP contribution in [0.15, 0.2) is 30.3 Å². The van der Waals surface area contributed by atoms with Crippen LogP contribution in [0.25, 0.3) is 5.69 Å². The lowest BCUT2D eigenvalue weighted by Crippen LogP contribution is -2.37. The van der Waals surface area contributed by atoms with E-state index < -0.39 is 0 Å². The standard InChI is InChI=1S/C13H20N6/c1-13(2,9-14)10-18(3)12-15-16-17-19(12)11-7-5-4-6-8-11/h4-8H,9-10,14H2,1-3H3. The zero-order valence-corrected chi connectivity index (χ0v) is 11.6. The van der Waals surface area contributed by atoms with E-state index in [-0.39, 0.29) is 5.41 Å². The topological polar surface area (TPSA) is 72.9 Å². The first-order valence-corrected chi connectivity index (χ1v) is 6.28. The molecule has 1 heterocycles. The van der Waals surface area contributed by atoms with E-state index in [9.17, 15) is 0 Å². The maximum atomic E-state index is 5.77. The van der Waals surface area contributed by atoms with Gasteiger partial charge in [0.05, 0.1) is 5.69 Å². The Hall–Kier alpha value is -1.95. The van der Waals surface area contributed by atoms with Crippen LogP contribution >= 0.6 is 0 Å². The molecule has 6 nitrogen and oxygen atoms in total. The average Bonchev–Trinajstić information content (AvgIpc) is 2.88. The van der Waals surface area contributed by atoms with Crippen LogP contribution in [0.2, 0.25) is 0 Å². The van der Waals surface area contributed by atoms with E-state index >= 15 is 0 Å². The number of benzene rings is 1. The molecule has 0 aliphatic heterocycles. The summed E-state index contributed by atoms with van der Waals surface area (Å²) in [6.45, 7) is 5.65. The van der Waals surface area contributed by atoms with Crippen LogP contribution in [-0.2, 0) is 0 Å². The van der Waals surface area contributed by atoms with Gasteiger partial charge in [-0.25, -0.2) is 0 Å². The molecule has 6 heteroatoms. The minimum atomic E-state index is 0.0161. The van der Waals surface area contributed by atoms with E-state index in [1.54, 1.807) is 4.68 Å². The Morgan fingerprint density at radius 2 is 1.95 bits per heavy atom. The highest BCUT2D eigenvalue weighted by Gasteiger charge is 2.21. The summed E-state index contributed by atoms with van der Waals surface area (Å²) >= 11 is 0. The summed E-state index contributed by atoms with van der Waals surface area (Å²) in [5.74, 6) is 0.715. The second kappa shape index (κ2) is 5.36. The first-order chi connectivity index (χ1) is 9.03. The van der Waals surface area contributed by atoms with E-state index in [1.807, 2.05) is 42.3 Å². The second-order valence-corrected chi connectivity index (χ2v) is 5.45. The smallest absolute Gasteiger partial charge is 0.250 e. The molecule has 0 spiro atoms. The molecular formula is C13H20N6. The number of tetrazole rings is 1. The number of para-hydroxylation sites is 1. The number of hydrogen-bond donors (Lipinski definition) is 1. The van der Waals surface area contributed by atoms with Crippen LogP contribution in [0.5, 0.6) is 0 Å². The summed E-state index contributed by atoms with van der Waals surface area (Å²) in [6, 6.07) is 9.84. The van der Waals surface area contributed by atoms with Gasteiger partial charge in [-0.15, -0.1) is 0 Å². The summed E-state index contributed by atoms with van der Waals surface area (Å²) < 4.78 is 1.73. The Morgan fingerprint density at radius 3 is 2.58 bits per heavy atom. The predicted molar refractivity (Wildman–Crippen MR) is 75.3 cm³/mol. The zero-order valence-electron chi connectivity index (χ0n) is 11.6. The highest BCUT2D eigenvalue weighted by Crippen LogP contribution is 2.19. The Kier molecular flexibility index (Phi) is 3.80. The molecule has 0 saturated carbocycles. The van der Waals surface area contributed by atoms with Crippen LogP contribution in [0, 0.1) is 5.41 Å². The normalized spacial score (nSPS) is 11.6. The van der Waals surface area contributed by atoms with Gasteiger partial charge < -0.3 is 10.6 Å². The van der Waals surface area contributed by atoms with Gasteiger partial charge >= 0.3 is 0 Å². The van der Waals surface area contributed by atoms with Crippen molar-refractivity contribution in [2.45, 2.75) is 13.8 Å². The van der Waals surface area contributed by atoms with Gasteiger partial charge in [0.2, 0.25) is 5.95 Å². The van der Waals surface area contributed by atoms with Gasteiger partial charge in [-0.2, -0.15) is 4.68 Å². The van der Waals surface area contributed by atoms with E-state index in [0.29, 0.717) is 12.5 Å². The number of nitrogens with zero attached hydrogens (tertiary/aromatic N) is 5. The summed E-state index contributed by atoms with van der Waals surface area (Å²) in [6.07, 6.45) is 0. The van der Waals surface area contributed by atoms with Gasteiger partial charge in [0.25, 0.3) is 0 Å². The SMILES string of the molecule is CN(CC(C)(C)CN)c1nnnn1-c1ccccc1. The van der Waals surface area contributed by atoms with Crippen LogP contribution in [0.4, 0.5) is 5.95 Å². The Labute approximate surface area is 113 Å². The maximum absolute atomic E-state index is 5.77. The summed E-state index contributed by atoms with van der Waals surface area (Å²) in [7, 11) is 1.97. The van der Waals surface area contributed by atoms with E-state index in [2.05, 4.69) is 29.4 Å². The van der Waals surface area contributed by atoms with E-state index in [0.717, 1.165) is 12.2 Å². The maximum Gasteiger partial charge on any atom is 0.250 e. The van der Waals surface area contributed by atoms with Crippen molar-refractivity contribution in [2.75, 3.05) is 25.0 Å². The van der Waals surface area contributed by atoms with Gasteiger partial charge in [0.15, 0.2) is 0 Å². The molecule has 0 amide bonds. The largest absolute Gasteiger partial charge is 0.342 e. The van der Waals surface area contributed by atoms with Gasteiger partial charge in [-0.05, 0) is 34.5 Å². The van der Waals surface area contributed by atoms with Crippen molar-refractivity contribution in [2.24, 2.45) is 11.1 Å². The van der Waals surface area contributed by atoms with Crippen LogP contribution in [-0.4, -0.2) is 40.3 Å². The van der Waals surface area contributed by atoms with Crippen molar-refractivity contribution in [3.05, 3.63) is 30.3 Å². The molecule has 102 valence electrons. The Balaban J connectivity index is 2.25. The third kappa shape index (κ3) is 3.08. The molecule has 1 aromatic heterocycles. The molecule has 0 radical (unpaired) electrons. The van der Waals surface area contributed by atoms with Gasteiger partial charge in [0, 0.05) is 13.6 Å². The molecule has 0 unspecified atom stereocenters. The average molecular weight is 260 g/mol. The molecule has 0 aliphatic rings. The molecule has 0 aliphatic carbocycles. The lowest BCUT2D eigenvalue weighted by atomic mass is 9.93. The lowest BCUT2D eigenvalue weighted by Gasteiger charge is -2.29. The summed E-state index contributed by atoms with van der Waals surface area (Å²) in [5.41, 5.74) is 6.73. The first-order valence-electron chi connectivity index (χ1n) is 6.28. The van der Waals surface area contributed by atoms with Crippen molar-refractivity contribution >= 4 is 5.95 Å². The highest BCUT2D eigenvalue weighted by atomic mass is 15.6. The molecule has 0 atom stereocenters. The first kappa shape index (κ1) is 13.5. The highest BCUT2D eigenvalue weighted by molar-refractivity contribution is 5.39. The number of anilines is 1. The molecule has 0 saturated heterocycles. The lowest BCUT2D eigenvalue weighted by molar-refractivity contribution is 0.382. The molecule has 2 rings (SSSR count). The van der Waals surface area contributed by atoms with Gasteiger partial charge in [-0.3, -0.25) is 0 Å². The fourth-order valence-electron chi connectivity index (χ4n) is 1.93. The van der Waals surface area contributed by atoms with E-state index in [4.69, 9.17) is 5.73 Å². The molecule has 2 N–H and O–H groups in total. The fourth-order valence-corrected chi connectivity index (χ4v) is 1.93. The monoisotopic (exact) mass is 260 g/mol. The minimum absolute atomic E-state index is 0.0161. The Bertz CT molecular complexity index is 519. The number of rotatable bonds is 5. The number of hydrogen-bond acceptors (Lipinski definition) is 5.